The number of hydrogen-bond donors (Lipinski definition) is 0. The molecule has 0 aliphatic heterocycles. The second-order valence-corrected chi connectivity index (χ2v) is 4.23. The molecule has 0 aliphatic carbocycles. The fourth-order valence-corrected chi connectivity index (χ4v) is 1.71. The van der Waals surface area contributed by atoms with Crippen molar-refractivity contribution in [1.29, 1.82) is 0 Å². The van der Waals surface area contributed by atoms with Gasteiger partial charge in [0.1, 0.15) is 0 Å². The normalized spacial score (nSPS) is 11.0. The lowest BCUT2D eigenvalue weighted by atomic mass is 10.1. The molecule has 0 atom stereocenters. The number of halogens is 1. The number of nitrogens with zero attached hydrogens (tertiary/aromatic N) is 3. The van der Waals surface area contributed by atoms with Gasteiger partial charge in [0.2, 0.25) is 0 Å². The summed E-state index contributed by atoms with van der Waals surface area (Å²) in [7, 11) is 0. The first kappa shape index (κ1) is 11.1. The van der Waals surface area contributed by atoms with E-state index in [1.54, 1.807) is 10.9 Å². The largest absolute Gasteiger partial charge is 0.237 e. The Bertz CT molecular complexity index is 477. The van der Waals surface area contributed by atoms with Crippen LogP contribution in [-0.4, -0.2) is 14.8 Å². The minimum absolute atomic E-state index is 0.421. The summed E-state index contributed by atoms with van der Waals surface area (Å²) < 4.78 is 1.78. The van der Waals surface area contributed by atoms with Gasteiger partial charge in [0.05, 0.1) is 11.6 Å². The van der Waals surface area contributed by atoms with Crippen LogP contribution in [0.25, 0.3) is 5.82 Å². The summed E-state index contributed by atoms with van der Waals surface area (Å²) in [6, 6.07) is 5.86. The number of alkyl halides is 1. The molecule has 16 heavy (non-hydrogen) atoms. The van der Waals surface area contributed by atoms with Crippen LogP contribution in [0.1, 0.15) is 31.0 Å². The van der Waals surface area contributed by atoms with Gasteiger partial charge in [-0.05, 0) is 18.1 Å². The van der Waals surface area contributed by atoms with Gasteiger partial charge in [-0.15, -0.1) is 11.6 Å². The Balaban J connectivity index is 2.42. The smallest absolute Gasteiger partial charge is 0.157 e. The predicted octanol–water partition coefficient (Wildman–Crippen LogP) is 3.13. The van der Waals surface area contributed by atoms with Crippen LogP contribution >= 0.6 is 11.6 Å². The number of hydrogen-bond acceptors (Lipinski definition) is 2. The van der Waals surface area contributed by atoms with Crippen molar-refractivity contribution in [1.82, 2.24) is 14.8 Å². The maximum atomic E-state index is 5.87. The minimum atomic E-state index is 0.421. The van der Waals surface area contributed by atoms with Crippen molar-refractivity contribution in [2.24, 2.45) is 0 Å². The van der Waals surface area contributed by atoms with E-state index in [-0.39, 0.29) is 0 Å². The SMILES string of the molecule is CC(C)c1ccn(-c2ncccc2CCl)n1. The Kier molecular flexibility index (Phi) is 3.25. The molecule has 0 fully saturated rings. The molecule has 0 radical (unpaired) electrons. The first-order chi connectivity index (χ1) is 7.72. The molecule has 0 aliphatic rings. The molecule has 0 aromatic carbocycles. The van der Waals surface area contributed by atoms with E-state index in [4.69, 9.17) is 11.6 Å². The Morgan fingerprint density at radius 1 is 1.38 bits per heavy atom. The van der Waals surface area contributed by atoms with E-state index in [0.717, 1.165) is 17.1 Å². The van der Waals surface area contributed by atoms with Gasteiger partial charge in [0, 0.05) is 18.0 Å². The van der Waals surface area contributed by atoms with E-state index in [2.05, 4.69) is 23.9 Å². The molecular weight excluding hydrogens is 222 g/mol. The van der Waals surface area contributed by atoms with E-state index >= 15 is 0 Å². The predicted molar refractivity (Wildman–Crippen MR) is 65.0 cm³/mol. The summed E-state index contributed by atoms with van der Waals surface area (Å²) in [6.07, 6.45) is 3.68. The molecule has 0 N–H and O–H groups in total. The molecule has 0 spiro atoms. The van der Waals surface area contributed by atoms with Crippen LogP contribution in [0.15, 0.2) is 30.6 Å². The summed E-state index contributed by atoms with van der Waals surface area (Å²) in [5, 5.41) is 4.48. The molecule has 4 heteroatoms. The highest BCUT2D eigenvalue weighted by molar-refractivity contribution is 6.17. The van der Waals surface area contributed by atoms with Gasteiger partial charge in [0.15, 0.2) is 5.82 Å². The molecule has 0 unspecified atom stereocenters. The number of aromatic nitrogens is 3. The molecule has 0 saturated carbocycles. The Morgan fingerprint density at radius 3 is 2.81 bits per heavy atom. The standard InChI is InChI=1S/C12H14ClN3/c1-9(2)11-5-7-16(15-11)12-10(8-13)4-3-6-14-12/h3-7,9H,8H2,1-2H3. The van der Waals surface area contributed by atoms with Crippen molar-refractivity contribution in [2.75, 3.05) is 0 Å². The highest BCUT2D eigenvalue weighted by atomic mass is 35.5. The highest BCUT2D eigenvalue weighted by Crippen LogP contribution is 2.16. The van der Waals surface area contributed by atoms with Crippen molar-refractivity contribution in [2.45, 2.75) is 25.6 Å². The Hall–Kier alpha value is -1.35. The van der Waals surface area contributed by atoms with E-state index < -0.39 is 0 Å². The number of rotatable bonds is 3. The maximum absolute atomic E-state index is 5.87. The lowest BCUT2D eigenvalue weighted by molar-refractivity contribution is 0.754. The zero-order chi connectivity index (χ0) is 11.5. The van der Waals surface area contributed by atoms with Crippen LogP contribution in [0.5, 0.6) is 0 Å². The molecule has 2 aromatic heterocycles. The Morgan fingerprint density at radius 2 is 2.19 bits per heavy atom. The van der Waals surface area contributed by atoms with Crippen LogP contribution in [0.2, 0.25) is 0 Å². The quantitative estimate of drug-likeness (QED) is 0.766. The van der Waals surface area contributed by atoms with Crippen LogP contribution in [0.4, 0.5) is 0 Å². The Labute approximate surface area is 100 Å². The van der Waals surface area contributed by atoms with Crippen LogP contribution in [0, 0.1) is 0 Å². The topological polar surface area (TPSA) is 30.7 Å². The molecule has 0 saturated heterocycles. The van der Waals surface area contributed by atoms with Crippen LogP contribution < -0.4 is 0 Å². The van der Waals surface area contributed by atoms with E-state index in [9.17, 15) is 0 Å². The fourth-order valence-electron chi connectivity index (χ4n) is 1.50. The third-order valence-electron chi connectivity index (χ3n) is 2.43. The highest BCUT2D eigenvalue weighted by Gasteiger charge is 2.08. The second-order valence-electron chi connectivity index (χ2n) is 3.96. The van der Waals surface area contributed by atoms with E-state index in [0.29, 0.717) is 11.8 Å². The molecule has 3 nitrogen and oxygen atoms in total. The summed E-state index contributed by atoms with van der Waals surface area (Å²) in [4.78, 5) is 4.31. The molecule has 84 valence electrons. The fraction of sp³-hybridized carbons (Fsp3) is 0.333. The van der Waals surface area contributed by atoms with Crippen molar-refractivity contribution in [3.8, 4) is 5.82 Å². The summed E-state index contributed by atoms with van der Waals surface area (Å²) in [6.45, 7) is 4.24. The molecular formula is C12H14ClN3. The van der Waals surface area contributed by atoms with E-state index in [1.165, 1.54) is 0 Å². The van der Waals surface area contributed by atoms with Gasteiger partial charge in [-0.3, -0.25) is 0 Å². The first-order valence-electron chi connectivity index (χ1n) is 5.28. The summed E-state index contributed by atoms with van der Waals surface area (Å²) in [5.74, 6) is 1.67. The van der Waals surface area contributed by atoms with Crippen molar-refractivity contribution >= 4 is 11.6 Å². The van der Waals surface area contributed by atoms with Gasteiger partial charge in [-0.25, -0.2) is 9.67 Å². The number of pyridine rings is 1. The minimum Gasteiger partial charge on any atom is -0.237 e. The van der Waals surface area contributed by atoms with Crippen LogP contribution in [-0.2, 0) is 5.88 Å². The molecule has 2 rings (SSSR count). The maximum Gasteiger partial charge on any atom is 0.157 e. The molecule has 0 amide bonds. The first-order valence-corrected chi connectivity index (χ1v) is 5.81. The summed E-state index contributed by atoms with van der Waals surface area (Å²) in [5.41, 5.74) is 2.05. The second kappa shape index (κ2) is 4.66. The van der Waals surface area contributed by atoms with Crippen molar-refractivity contribution in [3.05, 3.63) is 41.9 Å². The monoisotopic (exact) mass is 235 g/mol. The van der Waals surface area contributed by atoms with Gasteiger partial charge in [-0.2, -0.15) is 5.10 Å². The lowest BCUT2D eigenvalue weighted by Gasteiger charge is -2.05. The van der Waals surface area contributed by atoms with Crippen LogP contribution in [0.3, 0.4) is 0 Å². The third kappa shape index (κ3) is 2.09. The van der Waals surface area contributed by atoms with Crippen molar-refractivity contribution < 1.29 is 0 Å². The third-order valence-corrected chi connectivity index (χ3v) is 2.72. The molecule has 0 bridgehead atoms. The van der Waals surface area contributed by atoms with Gasteiger partial charge in [0.25, 0.3) is 0 Å². The average Bonchev–Trinajstić information content (AvgIpc) is 2.78. The van der Waals surface area contributed by atoms with Gasteiger partial charge >= 0.3 is 0 Å². The lowest BCUT2D eigenvalue weighted by Crippen LogP contribution is -2.03. The molecule has 2 aromatic rings. The zero-order valence-corrected chi connectivity index (χ0v) is 10.1. The zero-order valence-electron chi connectivity index (χ0n) is 9.39. The molecule has 2 heterocycles. The van der Waals surface area contributed by atoms with E-state index in [1.807, 2.05) is 24.4 Å². The van der Waals surface area contributed by atoms with Gasteiger partial charge < -0.3 is 0 Å². The van der Waals surface area contributed by atoms with Gasteiger partial charge in [-0.1, -0.05) is 19.9 Å². The van der Waals surface area contributed by atoms with Crippen molar-refractivity contribution in [3.63, 3.8) is 0 Å². The summed E-state index contributed by atoms with van der Waals surface area (Å²) >= 11 is 5.87. The average molecular weight is 236 g/mol.